The lowest BCUT2D eigenvalue weighted by molar-refractivity contribution is -0.118. The van der Waals surface area contributed by atoms with Crippen LogP contribution < -0.4 is 15.8 Å². The van der Waals surface area contributed by atoms with Crippen molar-refractivity contribution in [2.24, 2.45) is 5.73 Å². The highest BCUT2D eigenvalue weighted by atomic mass is 16.5. The van der Waals surface area contributed by atoms with Crippen molar-refractivity contribution in [2.75, 3.05) is 32.1 Å². The van der Waals surface area contributed by atoms with Gasteiger partial charge in [-0.25, -0.2) is 0 Å². The molecule has 0 bridgehead atoms. The first-order chi connectivity index (χ1) is 8.17. The number of nitrogens with one attached hydrogen (secondary N) is 1. The minimum Gasteiger partial charge on any atom is -0.497 e. The maximum absolute atomic E-state index is 11.7. The predicted octanol–water partition coefficient (Wildman–Crippen LogP) is 0.277. The molecule has 92 valence electrons. The van der Waals surface area contributed by atoms with Gasteiger partial charge in [0.2, 0.25) is 5.91 Å². The predicted molar refractivity (Wildman–Crippen MR) is 66.0 cm³/mol. The van der Waals surface area contributed by atoms with Crippen LogP contribution >= 0.6 is 0 Å². The van der Waals surface area contributed by atoms with Crippen LogP contribution in [0.5, 0.6) is 5.75 Å². The number of ether oxygens (including phenoxy) is 1. The van der Waals surface area contributed by atoms with E-state index in [1.807, 2.05) is 23.1 Å². The molecule has 17 heavy (non-hydrogen) atoms. The monoisotopic (exact) mass is 235 g/mol. The molecule has 5 heteroatoms. The summed E-state index contributed by atoms with van der Waals surface area (Å²) in [7, 11) is 1.60. The molecule has 0 aromatic heterocycles. The van der Waals surface area contributed by atoms with Gasteiger partial charge in [0.05, 0.1) is 13.7 Å². The number of hydrogen-bond donors (Lipinski definition) is 2. The van der Waals surface area contributed by atoms with Gasteiger partial charge in [0.25, 0.3) is 0 Å². The zero-order valence-corrected chi connectivity index (χ0v) is 9.85. The van der Waals surface area contributed by atoms with Gasteiger partial charge in [-0.2, -0.15) is 0 Å². The van der Waals surface area contributed by atoms with Crippen LogP contribution in [-0.2, 0) is 4.79 Å². The van der Waals surface area contributed by atoms with Gasteiger partial charge in [-0.3, -0.25) is 9.69 Å². The molecule has 1 heterocycles. The Hall–Kier alpha value is -1.59. The third-order valence-corrected chi connectivity index (χ3v) is 2.71. The third-order valence-electron chi connectivity index (χ3n) is 2.71. The number of carbonyl (C=O) groups is 1. The molecule has 1 aliphatic heterocycles. The van der Waals surface area contributed by atoms with Crippen molar-refractivity contribution in [3.63, 3.8) is 0 Å². The first kappa shape index (κ1) is 11.9. The molecule has 1 amide bonds. The first-order valence-corrected chi connectivity index (χ1v) is 5.59. The maximum atomic E-state index is 11.7. The summed E-state index contributed by atoms with van der Waals surface area (Å²) in [6, 6.07) is 7.53. The molecule has 0 unspecified atom stereocenters. The molecule has 1 aromatic rings. The Morgan fingerprint density at radius 3 is 3.00 bits per heavy atom. The summed E-state index contributed by atoms with van der Waals surface area (Å²) in [6.07, 6.45) is 0. The number of carbonyl (C=O) groups excluding carboxylic acids is 1. The number of hydrogen-bond acceptors (Lipinski definition) is 4. The molecule has 0 radical (unpaired) electrons. The normalized spacial score (nSPS) is 16.4. The van der Waals surface area contributed by atoms with E-state index in [0.717, 1.165) is 24.5 Å². The van der Waals surface area contributed by atoms with E-state index in [2.05, 4.69) is 5.32 Å². The molecular weight excluding hydrogens is 218 g/mol. The van der Waals surface area contributed by atoms with Crippen molar-refractivity contribution in [3.05, 3.63) is 24.3 Å². The highest BCUT2D eigenvalue weighted by molar-refractivity contribution is 5.92. The summed E-state index contributed by atoms with van der Waals surface area (Å²) < 4.78 is 5.09. The van der Waals surface area contributed by atoms with Crippen LogP contribution in [0.2, 0.25) is 0 Å². The number of nitrogens with two attached hydrogens (primary N) is 1. The standard InChI is InChI=1S/C12H17N3O2/c1-17-11-4-2-3-10(5-11)14-12(16)8-15-6-9(13)7-15/h2-5,9H,6-8,13H2,1H3,(H,14,16). The SMILES string of the molecule is COc1cccc(NC(=O)CN2CC(N)C2)c1. The fraction of sp³-hybridized carbons (Fsp3) is 0.417. The topological polar surface area (TPSA) is 67.6 Å². The van der Waals surface area contributed by atoms with Crippen LogP contribution in [-0.4, -0.2) is 43.6 Å². The van der Waals surface area contributed by atoms with Gasteiger partial charge >= 0.3 is 0 Å². The average molecular weight is 235 g/mol. The second kappa shape index (κ2) is 5.16. The molecule has 0 atom stereocenters. The molecule has 1 saturated heterocycles. The van der Waals surface area contributed by atoms with Crippen LogP contribution in [0.4, 0.5) is 5.69 Å². The summed E-state index contributed by atoms with van der Waals surface area (Å²) in [4.78, 5) is 13.7. The van der Waals surface area contributed by atoms with Crippen molar-refractivity contribution in [1.82, 2.24) is 4.90 Å². The number of nitrogens with zero attached hydrogens (tertiary/aromatic N) is 1. The molecule has 5 nitrogen and oxygen atoms in total. The van der Waals surface area contributed by atoms with Crippen molar-refractivity contribution in [1.29, 1.82) is 0 Å². The van der Waals surface area contributed by atoms with Gasteiger partial charge in [0.1, 0.15) is 5.75 Å². The molecule has 1 aromatic carbocycles. The summed E-state index contributed by atoms with van der Waals surface area (Å²) in [5, 5.41) is 2.83. The first-order valence-electron chi connectivity index (χ1n) is 5.59. The molecule has 0 spiro atoms. The van der Waals surface area contributed by atoms with Gasteiger partial charge in [0.15, 0.2) is 0 Å². The van der Waals surface area contributed by atoms with E-state index in [-0.39, 0.29) is 11.9 Å². The lowest BCUT2D eigenvalue weighted by Crippen LogP contribution is -2.57. The minimum absolute atomic E-state index is 0.0230. The van der Waals surface area contributed by atoms with E-state index in [4.69, 9.17) is 10.5 Å². The molecule has 1 aliphatic rings. The van der Waals surface area contributed by atoms with Crippen molar-refractivity contribution in [3.8, 4) is 5.75 Å². The zero-order chi connectivity index (χ0) is 12.3. The molecule has 2 rings (SSSR count). The Labute approximate surface area is 101 Å². The molecule has 0 aliphatic carbocycles. The van der Waals surface area contributed by atoms with Crippen molar-refractivity contribution < 1.29 is 9.53 Å². The third kappa shape index (κ3) is 3.18. The van der Waals surface area contributed by atoms with E-state index in [9.17, 15) is 4.79 Å². The van der Waals surface area contributed by atoms with E-state index in [1.54, 1.807) is 13.2 Å². The smallest absolute Gasteiger partial charge is 0.238 e. The zero-order valence-electron chi connectivity index (χ0n) is 9.85. The molecule has 3 N–H and O–H groups in total. The Balaban J connectivity index is 1.85. The van der Waals surface area contributed by atoms with Gasteiger partial charge < -0.3 is 15.8 Å². The number of likely N-dealkylation sites (tertiary alicyclic amines) is 1. The van der Waals surface area contributed by atoms with Crippen LogP contribution in [0, 0.1) is 0 Å². The van der Waals surface area contributed by atoms with Gasteiger partial charge in [-0.15, -0.1) is 0 Å². The van der Waals surface area contributed by atoms with Gasteiger partial charge in [0, 0.05) is 30.9 Å². The lowest BCUT2D eigenvalue weighted by atomic mass is 10.1. The second-order valence-corrected chi connectivity index (χ2v) is 4.23. The van der Waals surface area contributed by atoms with Crippen LogP contribution in [0.3, 0.4) is 0 Å². The summed E-state index contributed by atoms with van der Waals surface area (Å²) in [5.74, 6) is 0.707. The van der Waals surface area contributed by atoms with E-state index < -0.39 is 0 Å². The molecule has 0 saturated carbocycles. The molecule has 1 fully saturated rings. The van der Waals surface area contributed by atoms with E-state index in [1.165, 1.54) is 0 Å². The maximum Gasteiger partial charge on any atom is 0.238 e. The fourth-order valence-electron chi connectivity index (χ4n) is 1.84. The lowest BCUT2D eigenvalue weighted by Gasteiger charge is -2.36. The number of anilines is 1. The van der Waals surface area contributed by atoms with E-state index >= 15 is 0 Å². The van der Waals surface area contributed by atoms with Crippen molar-refractivity contribution in [2.45, 2.75) is 6.04 Å². The summed E-state index contributed by atoms with van der Waals surface area (Å²) in [5.41, 5.74) is 6.39. The summed E-state index contributed by atoms with van der Waals surface area (Å²) in [6.45, 7) is 1.99. The average Bonchev–Trinajstić information content (AvgIpc) is 2.27. The second-order valence-electron chi connectivity index (χ2n) is 4.23. The quantitative estimate of drug-likeness (QED) is 0.786. The molecular formula is C12H17N3O2. The number of rotatable bonds is 4. The number of benzene rings is 1. The van der Waals surface area contributed by atoms with Crippen LogP contribution in [0.15, 0.2) is 24.3 Å². The van der Waals surface area contributed by atoms with Crippen molar-refractivity contribution >= 4 is 11.6 Å². The van der Waals surface area contributed by atoms with Gasteiger partial charge in [-0.1, -0.05) is 6.07 Å². The Kier molecular flexibility index (Phi) is 3.61. The summed E-state index contributed by atoms with van der Waals surface area (Å²) >= 11 is 0. The Bertz CT molecular complexity index is 402. The van der Waals surface area contributed by atoms with Gasteiger partial charge in [-0.05, 0) is 12.1 Å². The number of amides is 1. The highest BCUT2D eigenvalue weighted by Gasteiger charge is 2.24. The Morgan fingerprint density at radius 1 is 1.59 bits per heavy atom. The fourth-order valence-corrected chi connectivity index (χ4v) is 1.84. The number of methoxy groups -OCH3 is 1. The Morgan fingerprint density at radius 2 is 2.35 bits per heavy atom. The van der Waals surface area contributed by atoms with Crippen LogP contribution in [0.1, 0.15) is 0 Å². The van der Waals surface area contributed by atoms with Crippen LogP contribution in [0.25, 0.3) is 0 Å². The largest absolute Gasteiger partial charge is 0.497 e. The van der Waals surface area contributed by atoms with E-state index in [0.29, 0.717) is 6.54 Å². The minimum atomic E-state index is -0.0230. The highest BCUT2D eigenvalue weighted by Crippen LogP contribution is 2.16.